The van der Waals surface area contributed by atoms with Crippen molar-refractivity contribution in [1.82, 2.24) is 10.2 Å². The maximum atomic E-state index is 11.6. The number of hydrogen-bond donors (Lipinski definition) is 2. The molecular formula is C16H33N3O. The highest BCUT2D eigenvalue weighted by Crippen LogP contribution is 2.26. The van der Waals surface area contributed by atoms with Gasteiger partial charge in [-0.05, 0) is 72.4 Å². The van der Waals surface area contributed by atoms with E-state index in [9.17, 15) is 4.79 Å². The van der Waals surface area contributed by atoms with Crippen molar-refractivity contribution in [3.05, 3.63) is 0 Å². The van der Waals surface area contributed by atoms with E-state index in [1.165, 1.54) is 25.8 Å². The van der Waals surface area contributed by atoms with Crippen LogP contribution in [0.3, 0.4) is 0 Å². The molecule has 1 unspecified atom stereocenters. The number of primary amides is 1. The predicted octanol–water partition coefficient (Wildman–Crippen LogP) is 2.13. The summed E-state index contributed by atoms with van der Waals surface area (Å²) in [5, 5.41) is 3.31. The van der Waals surface area contributed by atoms with Crippen molar-refractivity contribution in [2.75, 3.05) is 20.1 Å². The number of hydrogen-bond acceptors (Lipinski definition) is 3. The maximum Gasteiger partial charge on any atom is 0.237 e. The molecule has 0 bridgehead atoms. The lowest BCUT2D eigenvalue weighted by Gasteiger charge is -2.31. The Hall–Kier alpha value is -0.610. The molecule has 1 aliphatic rings. The van der Waals surface area contributed by atoms with Gasteiger partial charge in [0.1, 0.15) is 0 Å². The molecule has 1 rings (SSSR count). The third-order valence-electron chi connectivity index (χ3n) is 4.41. The van der Waals surface area contributed by atoms with Crippen LogP contribution in [-0.4, -0.2) is 42.5 Å². The molecule has 4 nitrogen and oxygen atoms in total. The zero-order valence-corrected chi connectivity index (χ0v) is 13.7. The number of nitrogens with zero attached hydrogens (tertiary/aromatic N) is 1. The first kappa shape index (κ1) is 17.4. The lowest BCUT2D eigenvalue weighted by atomic mass is 9.85. The molecule has 4 heteroatoms. The topological polar surface area (TPSA) is 58.4 Å². The molecule has 0 aliphatic heterocycles. The number of carbonyl (C=O) groups excluding carboxylic acids is 1. The molecule has 0 aromatic carbocycles. The smallest absolute Gasteiger partial charge is 0.237 e. The Bertz CT molecular complexity index is 302. The summed E-state index contributed by atoms with van der Waals surface area (Å²) in [5.74, 6) is 0.688. The average Bonchev–Trinajstić information content (AvgIpc) is 2.28. The Labute approximate surface area is 124 Å². The van der Waals surface area contributed by atoms with Crippen LogP contribution in [0, 0.1) is 5.92 Å². The number of nitrogens with one attached hydrogen (secondary N) is 1. The van der Waals surface area contributed by atoms with E-state index < -0.39 is 5.54 Å². The van der Waals surface area contributed by atoms with Crippen molar-refractivity contribution in [3.63, 3.8) is 0 Å². The van der Waals surface area contributed by atoms with Gasteiger partial charge in [0, 0.05) is 12.6 Å². The lowest BCUT2D eigenvalue weighted by molar-refractivity contribution is -0.124. The van der Waals surface area contributed by atoms with E-state index in [0.29, 0.717) is 0 Å². The molecule has 0 aromatic rings. The summed E-state index contributed by atoms with van der Waals surface area (Å²) in [5.41, 5.74) is 4.97. The molecule has 1 fully saturated rings. The SMILES string of the molecule is CC(C)NC(C)(CCCCN(C)CC1CCC1)C(N)=O. The van der Waals surface area contributed by atoms with Gasteiger partial charge in [-0.1, -0.05) is 6.42 Å². The van der Waals surface area contributed by atoms with E-state index >= 15 is 0 Å². The van der Waals surface area contributed by atoms with Crippen molar-refractivity contribution in [2.45, 2.75) is 70.9 Å². The Kier molecular flexibility index (Phi) is 6.96. The predicted molar refractivity (Wildman–Crippen MR) is 84.6 cm³/mol. The molecule has 1 atom stereocenters. The van der Waals surface area contributed by atoms with Crippen molar-refractivity contribution in [2.24, 2.45) is 11.7 Å². The van der Waals surface area contributed by atoms with Crippen LogP contribution in [0.2, 0.25) is 0 Å². The average molecular weight is 283 g/mol. The van der Waals surface area contributed by atoms with Gasteiger partial charge in [-0.15, -0.1) is 0 Å². The summed E-state index contributed by atoms with van der Waals surface area (Å²) in [6, 6.07) is 0.272. The van der Waals surface area contributed by atoms with Gasteiger partial charge in [0.2, 0.25) is 5.91 Å². The fourth-order valence-corrected chi connectivity index (χ4v) is 2.97. The second kappa shape index (κ2) is 7.99. The molecule has 118 valence electrons. The van der Waals surface area contributed by atoms with Crippen LogP contribution in [0.5, 0.6) is 0 Å². The lowest BCUT2D eigenvalue weighted by Crippen LogP contribution is -2.55. The molecule has 1 saturated carbocycles. The Balaban J connectivity index is 2.21. The number of unbranched alkanes of at least 4 members (excludes halogenated alkanes) is 1. The third kappa shape index (κ3) is 5.80. The second-order valence-corrected chi connectivity index (χ2v) is 7.01. The number of amides is 1. The summed E-state index contributed by atoms with van der Waals surface area (Å²) in [7, 11) is 2.21. The molecule has 20 heavy (non-hydrogen) atoms. The summed E-state index contributed by atoms with van der Waals surface area (Å²) < 4.78 is 0. The van der Waals surface area contributed by atoms with Crippen LogP contribution in [0.15, 0.2) is 0 Å². The van der Waals surface area contributed by atoms with Gasteiger partial charge in [-0.2, -0.15) is 0 Å². The van der Waals surface area contributed by atoms with E-state index in [1.54, 1.807) is 0 Å². The Morgan fingerprint density at radius 1 is 1.40 bits per heavy atom. The molecule has 1 amide bonds. The van der Waals surface area contributed by atoms with Gasteiger partial charge in [-0.25, -0.2) is 0 Å². The van der Waals surface area contributed by atoms with Gasteiger partial charge < -0.3 is 16.0 Å². The van der Waals surface area contributed by atoms with E-state index in [0.717, 1.165) is 31.7 Å². The maximum absolute atomic E-state index is 11.6. The van der Waals surface area contributed by atoms with Crippen molar-refractivity contribution < 1.29 is 4.79 Å². The molecule has 0 radical (unpaired) electrons. The van der Waals surface area contributed by atoms with Gasteiger partial charge in [0.05, 0.1) is 5.54 Å². The van der Waals surface area contributed by atoms with Crippen LogP contribution in [0.25, 0.3) is 0 Å². The summed E-state index contributed by atoms with van der Waals surface area (Å²) in [6.45, 7) is 8.37. The van der Waals surface area contributed by atoms with Crippen molar-refractivity contribution in [3.8, 4) is 0 Å². The normalized spacial score (nSPS) is 19.1. The number of nitrogens with two attached hydrogens (primary N) is 1. The zero-order chi connectivity index (χ0) is 15.2. The number of carbonyl (C=O) groups is 1. The van der Waals surface area contributed by atoms with Gasteiger partial charge >= 0.3 is 0 Å². The fraction of sp³-hybridized carbons (Fsp3) is 0.938. The minimum absolute atomic E-state index is 0.242. The molecule has 0 heterocycles. The van der Waals surface area contributed by atoms with Gasteiger partial charge in [0.25, 0.3) is 0 Å². The highest BCUT2D eigenvalue weighted by atomic mass is 16.1. The van der Waals surface area contributed by atoms with E-state index in [4.69, 9.17) is 5.73 Å². The standard InChI is InChI=1S/C16H33N3O/c1-13(2)18-16(3,15(17)20)10-5-6-11-19(4)12-14-8-7-9-14/h13-14,18H,5-12H2,1-4H3,(H2,17,20). The third-order valence-corrected chi connectivity index (χ3v) is 4.41. The molecule has 3 N–H and O–H groups in total. The largest absolute Gasteiger partial charge is 0.368 e. The summed E-state index contributed by atoms with van der Waals surface area (Å²) in [6.07, 6.45) is 7.21. The molecular weight excluding hydrogens is 250 g/mol. The molecule has 0 aromatic heterocycles. The first-order valence-electron chi connectivity index (χ1n) is 8.09. The van der Waals surface area contributed by atoms with E-state index in [-0.39, 0.29) is 11.9 Å². The Morgan fingerprint density at radius 2 is 2.05 bits per heavy atom. The van der Waals surface area contributed by atoms with Gasteiger partial charge in [0.15, 0.2) is 0 Å². The van der Waals surface area contributed by atoms with Crippen molar-refractivity contribution >= 4 is 5.91 Å². The monoisotopic (exact) mass is 283 g/mol. The summed E-state index contributed by atoms with van der Waals surface area (Å²) >= 11 is 0. The second-order valence-electron chi connectivity index (χ2n) is 7.01. The minimum atomic E-state index is -0.569. The molecule has 0 spiro atoms. The summed E-state index contributed by atoms with van der Waals surface area (Å²) in [4.78, 5) is 14.1. The van der Waals surface area contributed by atoms with Crippen LogP contribution in [-0.2, 0) is 4.79 Å². The van der Waals surface area contributed by atoms with Crippen LogP contribution >= 0.6 is 0 Å². The van der Waals surface area contributed by atoms with Crippen molar-refractivity contribution in [1.29, 1.82) is 0 Å². The number of rotatable bonds is 10. The fourth-order valence-electron chi connectivity index (χ4n) is 2.97. The van der Waals surface area contributed by atoms with Crippen LogP contribution in [0.4, 0.5) is 0 Å². The first-order chi connectivity index (χ1) is 9.33. The first-order valence-corrected chi connectivity index (χ1v) is 8.09. The Morgan fingerprint density at radius 3 is 2.50 bits per heavy atom. The zero-order valence-electron chi connectivity index (χ0n) is 13.7. The van der Waals surface area contributed by atoms with Gasteiger partial charge in [-0.3, -0.25) is 4.79 Å². The van der Waals surface area contributed by atoms with Crippen LogP contribution < -0.4 is 11.1 Å². The highest BCUT2D eigenvalue weighted by molar-refractivity contribution is 5.84. The highest BCUT2D eigenvalue weighted by Gasteiger charge is 2.30. The quantitative estimate of drug-likeness (QED) is 0.604. The van der Waals surface area contributed by atoms with E-state index in [1.807, 2.05) is 20.8 Å². The molecule has 1 aliphatic carbocycles. The minimum Gasteiger partial charge on any atom is -0.368 e. The van der Waals surface area contributed by atoms with E-state index in [2.05, 4.69) is 17.3 Å². The molecule has 0 saturated heterocycles. The van der Waals surface area contributed by atoms with Crippen LogP contribution in [0.1, 0.15) is 59.3 Å².